The van der Waals surface area contributed by atoms with Gasteiger partial charge in [0.15, 0.2) is 0 Å². The van der Waals surface area contributed by atoms with Crippen LogP contribution in [0.3, 0.4) is 0 Å². The summed E-state index contributed by atoms with van der Waals surface area (Å²) in [5, 5.41) is 0. The van der Waals surface area contributed by atoms with Crippen molar-refractivity contribution < 1.29 is 12.3 Å². The van der Waals surface area contributed by atoms with E-state index in [-0.39, 0.29) is 0 Å². The van der Waals surface area contributed by atoms with Gasteiger partial charge in [0.25, 0.3) is 20.0 Å². The summed E-state index contributed by atoms with van der Waals surface area (Å²) in [7, 11) is -2.67. The van der Waals surface area contributed by atoms with E-state index >= 15 is 0 Å². The van der Waals surface area contributed by atoms with E-state index in [1.807, 2.05) is 6.07 Å². The van der Waals surface area contributed by atoms with Gasteiger partial charge in [-0.2, -0.15) is 0 Å². The van der Waals surface area contributed by atoms with Gasteiger partial charge >= 0.3 is 9.28 Å². The predicted octanol–water partition coefficient (Wildman–Crippen LogP) is -0.950. The van der Waals surface area contributed by atoms with Crippen LogP contribution in [0.25, 0.3) is 0 Å². The summed E-state index contributed by atoms with van der Waals surface area (Å²) >= 11 is 0. The molecule has 0 spiro atoms. The molecule has 1 aromatic carbocycles. The van der Waals surface area contributed by atoms with Crippen LogP contribution in [0.5, 0.6) is 0 Å². The number of benzene rings is 1. The zero-order valence-electron chi connectivity index (χ0n) is 7.31. The third kappa shape index (κ3) is 2.86. The van der Waals surface area contributed by atoms with Crippen LogP contribution in [-0.2, 0) is 18.4 Å². The molecule has 0 radical (unpaired) electrons. The first-order chi connectivity index (χ1) is 6.45. The second-order valence-corrected chi connectivity index (χ2v) is 8.93. The highest BCUT2D eigenvalue weighted by Gasteiger charge is 2.17. The van der Waals surface area contributed by atoms with Gasteiger partial charge in [0.1, 0.15) is 0 Å². The number of hydrogen-bond acceptors (Lipinski definition) is 3. The topological polar surface area (TPSA) is 27.7 Å². The molecule has 0 atom stereocenters. The Hall–Kier alpha value is -0.249. The minimum absolute atomic E-state index is 0.656. The van der Waals surface area contributed by atoms with E-state index in [1.165, 1.54) is 5.56 Å². The minimum atomic E-state index is -1.35. The first-order valence-electron chi connectivity index (χ1n) is 4.30. The lowest BCUT2D eigenvalue weighted by molar-refractivity contribution is 0.322. The van der Waals surface area contributed by atoms with Crippen molar-refractivity contribution in [1.82, 2.24) is 0 Å². The maximum atomic E-state index is 5.55. The average Bonchev–Trinajstić information content (AvgIpc) is 2.21. The summed E-state index contributed by atoms with van der Waals surface area (Å²) in [4.78, 5) is 0. The van der Waals surface area contributed by atoms with Gasteiger partial charge in [-0.25, -0.2) is 0 Å². The standard InChI is InChI=1S/C7H12O3Si3/c1-2-4-7(5-3-1)6-13-9-11-8-12-10-13/h1-5,13H,6,11-12H2. The Morgan fingerprint density at radius 2 is 1.77 bits per heavy atom. The molecule has 70 valence electrons. The van der Waals surface area contributed by atoms with Crippen LogP contribution >= 0.6 is 0 Å². The Balaban J connectivity index is 1.90. The Morgan fingerprint density at radius 3 is 2.46 bits per heavy atom. The molecule has 0 unspecified atom stereocenters. The van der Waals surface area contributed by atoms with Crippen LogP contribution in [0, 0.1) is 0 Å². The van der Waals surface area contributed by atoms with E-state index in [0.717, 1.165) is 6.04 Å². The van der Waals surface area contributed by atoms with Crippen LogP contribution in [-0.4, -0.2) is 29.3 Å². The van der Waals surface area contributed by atoms with E-state index < -0.39 is 29.3 Å². The van der Waals surface area contributed by atoms with Gasteiger partial charge in [-0.05, 0) is 5.56 Å². The third-order valence-electron chi connectivity index (χ3n) is 1.92. The van der Waals surface area contributed by atoms with Crippen molar-refractivity contribution in [3.8, 4) is 0 Å². The molecule has 0 saturated carbocycles. The van der Waals surface area contributed by atoms with E-state index in [2.05, 4.69) is 24.3 Å². The largest absolute Gasteiger partial charge is 0.425 e. The Kier molecular flexibility index (Phi) is 3.47. The average molecular weight is 228 g/mol. The molecule has 0 bridgehead atoms. The van der Waals surface area contributed by atoms with Crippen LogP contribution in [0.15, 0.2) is 30.3 Å². The summed E-state index contributed by atoms with van der Waals surface area (Å²) in [6.07, 6.45) is 0. The molecule has 2 rings (SSSR count). The summed E-state index contributed by atoms with van der Waals surface area (Å²) in [5.74, 6) is 0. The second kappa shape index (κ2) is 4.84. The fraction of sp³-hybridized carbons (Fsp3) is 0.143. The molecular formula is C7H12O3Si3. The van der Waals surface area contributed by atoms with Gasteiger partial charge in [-0.1, -0.05) is 30.3 Å². The summed E-state index contributed by atoms with van der Waals surface area (Å²) < 4.78 is 16.3. The lowest BCUT2D eigenvalue weighted by Crippen LogP contribution is -2.37. The molecule has 3 nitrogen and oxygen atoms in total. The molecule has 1 aliphatic rings. The highest BCUT2D eigenvalue weighted by atomic mass is 28.4. The number of hydrogen-bond donors (Lipinski definition) is 0. The third-order valence-corrected chi connectivity index (χ3v) is 8.12. The van der Waals surface area contributed by atoms with E-state index in [1.54, 1.807) is 0 Å². The van der Waals surface area contributed by atoms with Gasteiger partial charge in [0, 0.05) is 6.04 Å². The molecule has 1 aromatic rings. The highest BCUT2D eigenvalue weighted by molar-refractivity contribution is 6.60. The van der Waals surface area contributed by atoms with Crippen LogP contribution in [0.1, 0.15) is 5.56 Å². The molecule has 0 aromatic heterocycles. The highest BCUT2D eigenvalue weighted by Crippen LogP contribution is 2.05. The quantitative estimate of drug-likeness (QED) is 0.611. The summed E-state index contributed by atoms with van der Waals surface area (Å²) in [5.41, 5.74) is 1.32. The molecular weight excluding hydrogens is 216 g/mol. The maximum Gasteiger partial charge on any atom is 0.307 e. The van der Waals surface area contributed by atoms with Crippen LogP contribution < -0.4 is 0 Å². The lowest BCUT2D eigenvalue weighted by atomic mass is 10.2. The zero-order chi connectivity index (χ0) is 8.93. The minimum Gasteiger partial charge on any atom is -0.425 e. The monoisotopic (exact) mass is 228 g/mol. The predicted molar refractivity (Wildman–Crippen MR) is 57.6 cm³/mol. The normalized spacial score (nSPS) is 26.6. The van der Waals surface area contributed by atoms with E-state index in [0.29, 0.717) is 0 Å². The molecule has 0 aliphatic carbocycles. The molecule has 1 heterocycles. The fourth-order valence-corrected chi connectivity index (χ4v) is 8.09. The molecule has 1 saturated heterocycles. The Morgan fingerprint density at radius 1 is 1.08 bits per heavy atom. The van der Waals surface area contributed by atoms with Gasteiger partial charge in [-0.3, -0.25) is 0 Å². The van der Waals surface area contributed by atoms with E-state index in [9.17, 15) is 0 Å². The zero-order valence-corrected chi connectivity index (χ0v) is 11.3. The van der Waals surface area contributed by atoms with Gasteiger partial charge < -0.3 is 12.3 Å². The molecule has 1 aliphatic heterocycles. The fourth-order valence-electron chi connectivity index (χ4n) is 1.25. The van der Waals surface area contributed by atoms with Crippen molar-refractivity contribution >= 4 is 29.3 Å². The van der Waals surface area contributed by atoms with Crippen molar-refractivity contribution in [1.29, 1.82) is 0 Å². The van der Waals surface area contributed by atoms with Crippen molar-refractivity contribution in [2.24, 2.45) is 0 Å². The van der Waals surface area contributed by atoms with Crippen molar-refractivity contribution in [2.75, 3.05) is 0 Å². The lowest BCUT2D eigenvalue weighted by Gasteiger charge is -2.22. The van der Waals surface area contributed by atoms with Crippen LogP contribution in [0.2, 0.25) is 0 Å². The van der Waals surface area contributed by atoms with Gasteiger partial charge in [0.05, 0.1) is 0 Å². The molecule has 6 heteroatoms. The molecule has 0 N–H and O–H groups in total. The van der Waals surface area contributed by atoms with E-state index in [4.69, 9.17) is 12.3 Å². The molecule has 13 heavy (non-hydrogen) atoms. The molecule has 1 fully saturated rings. The number of rotatable bonds is 2. The van der Waals surface area contributed by atoms with Crippen LogP contribution in [0.4, 0.5) is 0 Å². The Bertz CT molecular complexity index is 250. The first-order valence-corrected chi connectivity index (χ1v) is 8.37. The van der Waals surface area contributed by atoms with Gasteiger partial charge in [-0.15, -0.1) is 0 Å². The van der Waals surface area contributed by atoms with Crippen molar-refractivity contribution in [2.45, 2.75) is 6.04 Å². The summed E-state index contributed by atoms with van der Waals surface area (Å²) in [6.45, 7) is 0. The summed E-state index contributed by atoms with van der Waals surface area (Å²) in [6, 6.07) is 11.4. The first kappa shape index (κ1) is 9.31. The van der Waals surface area contributed by atoms with Gasteiger partial charge in [0.2, 0.25) is 0 Å². The smallest absolute Gasteiger partial charge is 0.307 e. The SMILES string of the molecule is c1ccc(C[SiH]2O[SiH2]O[SiH2]O2)cc1. The molecule has 0 amide bonds. The van der Waals surface area contributed by atoms with Crippen molar-refractivity contribution in [3.05, 3.63) is 35.9 Å². The second-order valence-electron chi connectivity index (χ2n) is 2.89. The Labute approximate surface area is 84.0 Å². The van der Waals surface area contributed by atoms with Crippen molar-refractivity contribution in [3.63, 3.8) is 0 Å². The maximum absolute atomic E-state index is 5.55.